The third-order valence-corrected chi connectivity index (χ3v) is 5.71. The van der Waals surface area contributed by atoms with E-state index in [4.69, 9.17) is 10.00 Å². The molecule has 0 N–H and O–H groups in total. The van der Waals surface area contributed by atoms with E-state index in [9.17, 15) is 8.42 Å². The van der Waals surface area contributed by atoms with E-state index in [0.29, 0.717) is 29.1 Å². The summed E-state index contributed by atoms with van der Waals surface area (Å²) in [6.07, 6.45) is 6.50. The zero-order chi connectivity index (χ0) is 16.9. The molecule has 6 heteroatoms. The maximum atomic E-state index is 11.4. The van der Waals surface area contributed by atoms with E-state index in [-0.39, 0.29) is 0 Å². The molecule has 1 aliphatic heterocycles. The van der Waals surface area contributed by atoms with Gasteiger partial charge in [0.1, 0.15) is 5.75 Å². The quantitative estimate of drug-likeness (QED) is 0.747. The van der Waals surface area contributed by atoms with Gasteiger partial charge >= 0.3 is 0 Å². The highest BCUT2D eigenvalue weighted by atomic mass is 32.2. The lowest BCUT2D eigenvalue weighted by molar-refractivity contribution is 0.175. The van der Waals surface area contributed by atoms with Gasteiger partial charge in [0.25, 0.3) is 0 Å². The van der Waals surface area contributed by atoms with Crippen molar-refractivity contribution in [2.75, 3.05) is 26.0 Å². The zero-order valence-electron chi connectivity index (χ0n) is 13.7. The summed E-state index contributed by atoms with van der Waals surface area (Å²) < 4.78 is 28.5. The van der Waals surface area contributed by atoms with Gasteiger partial charge in [0.2, 0.25) is 0 Å². The topological polar surface area (TPSA) is 70.4 Å². The fraction of sp³-hybridized carbons (Fsp3) is 0.588. The molecule has 0 radical (unpaired) electrons. The van der Waals surface area contributed by atoms with Crippen molar-refractivity contribution in [3.8, 4) is 11.9 Å². The first-order chi connectivity index (χ1) is 10.9. The number of likely N-dealkylation sites (tertiary alicyclic amines) is 1. The molecule has 1 fully saturated rings. The maximum Gasteiger partial charge on any atom is 0.179 e. The van der Waals surface area contributed by atoms with Crippen LogP contribution in [0.25, 0.3) is 0 Å². The Balaban J connectivity index is 1.75. The highest BCUT2D eigenvalue weighted by Gasteiger charge is 2.23. The Bertz CT molecular complexity index is 641. The van der Waals surface area contributed by atoms with Gasteiger partial charge in [0, 0.05) is 19.3 Å². The second-order valence-corrected chi connectivity index (χ2v) is 8.30. The van der Waals surface area contributed by atoms with E-state index in [1.54, 1.807) is 24.3 Å². The summed E-state index contributed by atoms with van der Waals surface area (Å²) in [4.78, 5) is 2.13. The van der Waals surface area contributed by atoms with Crippen molar-refractivity contribution in [3.05, 3.63) is 24.3 Å². The maximum absolute atomic E-state index is 11.4. The number of nitrogens with zero attached hydrogens (tertiary/aromatic N) is 2. The van der Waals surface area contributed by atoms with E-state index in [0.717, 1.165) is 32.4 Å². The Labute approximate surface area is 138 Å². The molecule has 1 aromatic carbocycles. The molecule has 1 unspecified atom stereocenters. The molecule has 1 heterocycles. The molecule has 1 aliphatic rings. The van der Waals surface area contributed by atoms with Crippen LogP contribution < -0.4 is 4.74 Å². The SMILES string of the molecule is CC(CCOc1ccc(S(C)(=O)=O)cc1)C1CCN(C#N)CC1. The molecule has 126 valence electrons. The molecule has 0 bridgehead atoms. The minimum atomic E-state index is -3.16. The van der Waals surface area contributed by atoms with Crippen LogP contribution in [0.4, 0.5) is 0 Å². The largest absolute Gasteiger partial charge is 0.494 e. The molecule has 0 amide bonds. The standard InChI is InChI=1S/C17H24N2O3S/c1-14(15-7-10-19(13-18)11-8-15)9-12-22-16-3-5-17(6-4-16)23(2,20)21/h3-6,14-15H,7-12H2,1-2H3. The van der Waals surface area contributed by atoms with Gasteiger partial charge in [0.15, 0.2) is 16.0 Å². The molecule has 2 rings (SSSR count). The van der Waals surface area contributed by atoms with E-state index in [2.05, 4.69) is 13.1 Å². The summed E-state index contributed by atoms with van der Waals surface area (Å²) in [5.41, 5.74) is 0. The number of rotatable bonds is 6. The molecule has 0 saturated carbocycles. The predicted octanol–water partition coefficient (Wildman–Crippen LogP) is 2.69. The summed E-state index contributed by atoms with van der Waals surface area (Å²) >= 11 is 0. The predicted molar refractivity (Wildman–Crippen MR) is 88.7 cm³/mol. The average molecular weight is 336 g/mol. The van der Waals surface area contributed by atoms with Crippen molar-refractivity contribution in [1.29, 1.82) is 5.26 Å². The third kappa shape index (κ3) is 5.14. The lowest BCUT2D eigenvalue weighted by Gasteiger charge is -2.32. The number of benzene rings is 1. The molecular formula is C17H24N2O3S. The third-order valence-electron chi connectivity index (χ3n) is 4.58. The first-order valence-corrected chi connectivity index (χ1v) is 9.87. The van der Waals surface area contributed by atoms with E-state index < -0.39 is 9.84 Å². The van der Waals surface area contributed by atoms with Crippen LogP contribution in [-0.2, 0) is 9.84 Å². The van der Waals surface area contributed by atoms with Crippen molar-refractivity contribution in [1.82, 2.24) is 4.90 Å². The lowest BCUT2D eigenvalue weighted by atomic mass is 9.84. The number of ether oxygens (including phenoxy) is 1. The Kier molecular flexibility index (Phi) is 5.89. The van der Waals surface area contributed by atoms with Gasteiger partial charge in [-0.1, -0.05) is 6.92 Å². The molecule has 0 aromatic heterocycles. The summed E-state index contributed by atoms with van der Waals surface area (Å²) in [7, 11) is -3.16. The van der Waals surface area contributed by atoms with E-state index in [1.165, 1.54) is 6.26 Å². The smallest absolute Gasteiger partial charge is 0.179 e. The van der Waals surface area contributed by atoms with Crippen molar-refractivity contribution in [2.24, 2.45) is 11.8 Å². The number of hydrogen-bond acceptors (Lipinski definition) is 5. The average Bonchev–Trinajstić information content (AvgIpc) is 2.54. The number of sulfone groups is 1. The first-order valence-electron chi connectivity index (χ1n) is 7.97. The van der Waals surface area contributed by atoms with Crippen LogP contribution >= 0.6 is 0 Å². The second kappa shape index (κ2) is 7.69. The van der Waals surface area contributed by atoms with Crippen molar-refractivity contribution < 1.29 is 13.2 Å². The van der Waals surface area contributed by atoms with Crippen LogP contribution in [-0.4, -0.2) is 39.3 Å². The summed E-state index contributed by atoms with van der Waals surface area (Å²) in [6.45, 7) is 4.58. The summed E-state index contributed by atoms with van der Waals surface area (Å²) in [6, 6.07) is 6.55. The number of nitriles is 1. The van der Waals surface area contributed by atoms with Crippen LogP contribution in [0.3, 0.4) is 0 Å². The van der Waals surface area contributed by atoms with Gasteiger partial charge in [-0.25, -0.2) is 8.42 Å². The van der Waals surface area contributed by atoms with Crippen LogP contribution in [0, 0.1) is 23.3 Å². The van der Waals surface area contributed by atoms with Gasteiger partial charge in [-0.2, -0.15) is 5.26 Å². The van der Waals surface area contributed by atoms with Gasteiger partial charge < -0.3 is 9.64 Å². The Morgan fingerprint density at radius 2 is 1.91 bits per heavy atom. The number of piperidine rings is 1. The fourth-order valence-corrected chi connectivity index (χ4v) is 3.58. The van der Waals surface area contributed by atoms with Crippen molar-refractivity contribution in [3.63, 3.8) is 0 Å². The molecule has 1 atom stereocenters. The van der Waals surface area contributed by atoms with E-state index in [1.807, 2.05) is 4.90 Å². The summed E-state index contributed by atoms with van der Waals surface area (Å²) in [5, 5.41) is 8.87. The first kappa shape index (κ1) is 17.6. The Morgan fingerprint density at radius 1 is 1.30 bits per heavy atom. The normalized spacial score (nSPS) is 17.5. The molecule has 1 aromatic rings. The zero-order valence-corrected chi connectivity index (χ0v) is 14.6. The molecule has 5 nitrogen and oxygen atoms in total. The van der Waals surface area contributed by atoms with Crippen molar-refractivity contribution in [2.45, 2.75) is 31.1 Å². The second-order valence-electron chi connectivity index (χ2n) is 6.28. The van der Waals surface area contributed by atoms with Crippen LogP contribution in [0.2, 0.25) is 0 Å². The fourth-order valence-electron chi connectivity index (χ4n) is 2.95. The van der Waals surface area contributed by atoms with Gasteiger partial charge in [-0.05, 0) is 55.4 Å². The van der Waals surface area contributed by atoms with Crippen LogP contribution in [0.5, 0.6) is 5.75 Å². The molecule has 23 heavy (non-hydrogen) atoms. The van der Waals surface area contributed by atoms with Gasteiger partial charge in [-0.15, -0.1) is 0 Å². The lowest BCUT2D eigenvalue weighted by Crippen LogP contribution is -2.32. The van der Waals surface area contributed by atoms with Crippen LogP contribution in [0.1, 0.15) is 26.2 Å². The molecular weight excluding hydrogens is 312 g/mol. The monoisotopic (exact) mass is 336 g/mol. The molecule has 0 spiro atoms. The van der Waals surface area contributed by atoms with Gasteiger partial charge in [0.05, 0.1) is 11.5 Å². The molecule has 0 aliphatic carbocycles. The van der Waals surface area contributed by atoms with E-state index >= 15 is 0 Å². The Hall–Kier alpha value is -1.74. The number of hydrogen-bond donors (Lipinski definition) is 0. The van der Waals surface area contributed by atoms with Gasteiger partial charge in [-0.3, -0.25) is 0 Å². The highest BCUT2D eigenvalue weighted by molar-refractivity contribution is 7.90. The summed E-state index contributed by atoms with van der Waals surface area (Å²) in [5.74, 6) is 1.91. The highest BCUT2D eigenvalue weighted by Crippen LogP contribution is 2.27. The minimum absolute atomic E-state index is 0.308. The minimum Gasteiger partial charge on any atom is -0.494 e. The Morgan fingerprint density at radius 3 is 2.43 bits per heavy atom. The van der Waals surface area contributed by atoms with Crippen molar-refractivity contribution >= 4 is 9.84 Å². The van der Waals surface area contributed by atoms with Crippen LogP contribution in [0.15, 0.2) is 29.2 Å². The molecule has 1 saturated heterocycles.